The number of alkyl carbamates (subject to hydrolysis) is 1. The molecule has 2 saturated heterocycles. The molecule has 2 aromatic carbocycles. The van der Waals surface area contributed by atoms with Crippen LogP contribution in [-0.2, 0) is 9.47 Å². The molecule has 30 heavy (non-hydrogen) atoms. The first-order chi connectivity index (χ1) is 14.7. The molecule has 2 aromatic rings. The Bertz CT molecular complexity index is 840. The molecule has 1 amide bonds. The maximum absolute atomic E-state index is 11.9. The van der Waals surface area contributed by atoms with Crippen molar-refractivity contribution >= 4 is 17.9 Å². The molecule has 4 rings (SSSR count). The number of carbonyl (C=O) groups is 2. The molecule has 2 heterocycles. The largest absolute Gasteiger partial charge is 0.513 e. The number of ether oxygens (including phenoxy) is 3. The van der Waals surface area contributed by atoms with Crippen molar-refractivity contribution in [2.45, 2.75) is 12.1 Å². The highest BCUT2D eigenvalue weighted by Gasteiger charge is 2.37. The molecule has 2 aliphatic rings. The van der Waals surface area contributed by atoms with Gasteiger partial charge in [0.15, 0.2) is 6.10 Å². The number of rotatable bonds is 6. The van der Waals surface area contributed by atoms with Crippen molar-refractivity contribution in [1.82, 2.24) is 10.2 Å². The number of nitrogens with zero attached hydrogens (tertiary/aromatic N) is 2. The third-order valence-corrected chi connectivity index (χ3v) is 5.27. The van der Waals surface area contributed by atoms with Crippen LogP contribution < -0.4 is 15.0 Å². The zero-order valence-corrected chi connectivity index (χ0v) is 16.6. The van der Waals surface area contributed by atoms with E-state index in [0.29, 0.717) is 12.3 Å². The van der Waals surface area contributed by atoms with Crippen molar-refractivity contribution in [3.8, 4) is 5.75 Å². The van der Waals surface area contributed by atoms with Crippen LogP contribution in [0.4, 0.5) is 15.3 Å². The molecular formula is C22H25N3O5. The number of benzene rings is 2. The minimum absolute atomic E-state index is 0.0565. The van der Waals surface area contributed by atoms with Crippen LogP contribution in [0.25, 0.3) is 0 Å². The molecule has 8 heteroatoms. The lowest BCUT2D eigenvalue weighted by Crippen LogP contribution is -2.52. The van der Waals surface area contributed by atoms with E-state index in [1.165, 1.54) is 5.69 Å². The van der Waals surface area contributed by atoms with Crippen LogP contribution in [0.15, 0.2) is 60.7 Å². The van der Waals surface area contributed by atoms with Gasteiger partial charge in [-0.2, -0.15) is 0 Å². The van der Waals surface area contributed by atoms with Gasteiger partial charge >= 0.3 is 12.2 Å². The second-order valence-corrected chi connectivity index (χ2v) is 7.29. The summed E-state index contributed by atoms with van der Waals surface area (Å²) in [6.07, 6.45) is -1.86. The SMILES string of the molecule is O=C1N[C@H](CN2CCN(c3ccccc3)CC2)[C@@H](COC(=O)Oc2ccccc2)O1. The summed E-state index contributed by atoms with van der Waals surface area (Å²) in [5.74, 6) is 0.400. The Kier molecular flexibility index (Phi) is 6.34. The first-order valence-corrected chi connectivity index (χ1v) is 10.1. The smallest absolute Gasteiger partial charge is 0.440 e. The highest BCUT2D eigenvalue weighted by molar-refractivity contribution is 5.70. The fourth-order valence-corrected chi connectivity index (χ4v) is 3.68. The van der Waals surface area contributed by atoms with Gasteiger partial charge in [0, 0.05) is 38.4 Å². The highest BCUT2D eigenvalue weighted by atomic mass is 16.7. The molecule has 2 aliphatic heterocycles. The molecule has 2 atom stereocenters. The fraction of sp³-hybridized carbons (Fsp3) is 0.364. The van der Waals surface area contributed by atoms with Gasteiger partial charge in [0.25, 0.3) is 0 Å². The first-order valence-electron chi connectivity index (χ1n) is 10.1. The summed E-state index contributed by atoms with van der Waals surface area (Å²) >= 11 is 0. The maximum atomic E-state index is 11.9. The minimum atomic E-state index is -0.820. The van der Waals surface area contributed by atoms with Gasteiger partial charge in [-0.1, -0.05) is 36.4 Å². The first kappa shape index (κ1) is 20.0. The average Bonchev–Trinajstić information content (AvgIpc) is 3.13. The Morgan fingerprint density at radius 3 is 2.37 bits per heavy atom. The van der Waals surface area contributed by atoms with Gasteiger partial charge in [-0.05, 0) is 24.3 Å². The number of carbonyl (C=O) groups excluding carboxylic acids is 2. The minimum Gasteiger partial charge on any atom is -0.440 e. The lowest BCUT2D eigenvalue weighted by molar-refractivity contribution is 0.0378. The standard InChI is InChI=1S/C22H25N3O5/c26-21-23-19(15-24-11-13-25(14-12-24)17-7-3-1-4-8-17)20(30-21)16-28-22(27)29-18-9-5-2-6-10-18/h1-10,19-20H,11-16H2,(H,23,26)/t19-,20-/m1/s1. The van der Waals surface area contributed by atoms with Crippen LogP contribution in [0.1, 0.15) is 0 Å². The summed E-state index contributed by atoms with van der Waals surface area (Å²) in [6.45, 7) is 4.16. The van der Waals surface area contributed by atoms with Gasteiger partial charge in [-0.15, -0.1) is 0 Å². The zero-order valence-electron chi connectivity index (χ0n) is 16.6. The summed E-state index contributed by atoms with van der Waals surface area (Å²) in [7, 11) is 0. The topological polar surface area (TPSA) is 80.3 Å². The third-order valence-electron chi connectivity index (χ3n) is 5.27. The quantitative estimate of drug-likeness (QED) is 0.578. The molecule has 158 valence electrons. The van der Waals surface area contributed by atoms with E-state index < -0.39 is 18.4 Å². The number of anilines is 1. The van der Waals surface area contributed by atoms with Crippen molar-refractivity contribution < 1.29 is 23.8 Å². The Balaban J connectivity index is 1.24. The molecule has 0 saturated carbocycles. The number of piperazine rings is 1. The summed E-state index contributed by atoms with van der Waals surface area (Å²) < 4.78 is 15.6. The summed E-state index contributed by atoms with van der Waals surface area (Å²) in [5, 5.41) is 2.82. The van der Waals surface area contributed by atoms with Gasteiger partial charge in [0.2, 0.25) is 0 Å². The van der Waals surface area contributed by atoms with Crippen LogP contribution in [0.2, 0.25) is 0 Å². The van der Waals surface area contributed by atoms with E-state index >= 15 is 0 Å². The van der Waals surface area contributed by atoms with Crippen LogP contribution in [0, 0.1) is 0 Å². The van der Waals surface area contributed by atoms with Crippen LogP contribution >= 0.6 is 0 Å². The Morgan fingerprint density at radius 2 is 1.67 bits per heavy atom. The van der Waals surface area contributed by atoms with Gasteiger partial charge in [-0.25, -0.2) is 9.59 Å². The van der Waals surface area contributed by atoms with E-state index in [1.54, 1.807) is 24.3 Å². The second kappa shape index (κ2) is 9.49. The van der Waals surface area contributed by atoms with Gasteiger partial charge in [0.1, 0.15) is 12.4 Å². The lowest BCUT2D eigenvalue weighted by atomic mass is 10.1. The lowest BCUT2D eigenvalue weighted by Gasteiger charge is -2.37. The van der Waals surface area contributed by atoms with Crippen molar-refractivity contribution in [1.29, 1.82) is 0 Å². The number of nitrogens with one attached hydrogen (secondary N) is 1. The molecule has 2 fully saturated rings. The molecule has 0 radical (unpaired) electrons. The van der Waals surface area contributed by atoms with E-state index in [4.69, 9.17) is 14.2 Å². The molecule has 0 bridgehead atoms. The molecule has 0 aliphatic carbocycles. The zero-order chi connectivity index (χ0) is 20.8. The van der Waals surface area contributed by atoms with Crippen molar-refractivity contribution in [2.75, 3.05) is 44.2 Å². The number of cyclic esters (lactones) is 1. The molecule has 0 unspecified atom stereocenters. The average molecular weight is 411 g/mol. The van der Waals surface area contributed by atoms with Gasteiger partial charge in [-0.3, -0.25) is 4.90 Å². The van der Waals surface area contributed by atoms with Gasteiger partial charge in [0.05, 0.1) is 6.04 Å². The third kappa shape index (κ3) is 5.21. The predicted octanol–water partition coefficient (Wildman–Crippen LogP) is 2.50. The second-order valence-electron chi connectivity index (χ2n) is 7.29. The Labute approximate surface area is 175 Å². The molecule has 8 nitrogen and oxygen atoms in total. The number of amides is 1. The van der Waals surface area contributed by atoms with Gasteiger partial charge < -0.3 is 24.4 Å². The molecule has 0 spiro atoms. The number of hydrogen-bond acceptors (Lipinski definition) is 7. The Hall–Kier alpha value is -3.26. The molecule has 1 N–H and O–H groups in total. The fourth-order valence-electron chi connectivity index (χ4n) is 3.68. The molecular weight excluding hydrogens is 386 g/mol. The monoisotopic (exact) mass is 411 g/mol. The van der Waals surface area contributed by atoms with Crippen molar-refractivity contribution in [3.63, 3.8) is 0 Å². The highest BCUT2D eigenvalue weighted by Crippen LogP contribution is 2.18. The van der Waals surface area contributed by atoms with Crippen LogP contribution in [0.3, 0.4) is 0 Å². The number of para-hydroxylation sites is 2. The maximum Gasteiger partial charge on any atom is 0.513 e. The van der Waals surface area contributed by atoms with E-state index in [2.05, 4.69) is 27.2 Å². The van der Waals surface area contributed by atoms with Crippen LogP contribution in [-0.4, -0.2) is 68.6 Å². The van der Waals surface area contributed by atoms with Crippen molar-refractivity contribution in [2.24, 2.45) is 0 Å². The van der Waals surface area contributed by atoms with E-state index in [9.17, 15) is 9.59 Å². The predicted molar refractivity (Wildman–Crippen MR) is 111 cm³/mol. The molecule has 0 aromatic heterocycles. The Morgan fingerprint density at radius 1 is 1.00 bits per heavy atom. The van der Waals surface area contributed by atoms with E-state index in [-0.39, 0.29) is 12.6 Å². The van der Waals surface area contributed by atoms with E-state index in [0.717, 1.165) is 26.2 Å². The normalized spacial score (nSPS) is 21.6. The van der Waals surface area contributed by atoms with Crippen LogP contribution in [0.5, 0.6) is 5.75 Å². The summed E-state index contributed by atoms with van der Waals surface area (Å²) in [6, 6.07) is 18.8. The summed E-state index contributed by atoms with van der Waals surface area (Å²) in [4.78, 5) is 28.3. The number of hydrogen-bond donors (Lipinski definition) is 1. The summed E-state index contributed by atoms with van der Waals surface area (Å²) in [5.41, 5.74) is 1.22. The van der Waals surface area contributed by atoms with Crippen molar-refractivity contribution in [3.05, 3.63) is 60.7 Å². The van der Waals surface area contributed by atoms with E-state index in [1.807, 2.05) is 24.3 Å².